The fourth-order valence-corrected chi connectivity index (χ4v) is 2.46. The second kappa shape index (κ2) is 6.55. The molecular weight excluding hydrogens is 224 g/mol. The maximum atomic E-state index is 11.2. The molecule has 1 aliphatic heterocycles. The molecule has 3 heteroatoms. The highest BCUT2D eigenvalue weighted by atomic mass is 16.2. The van der Waals surface area contributed by atoms with Crippen molar-refractivity contribution in [2.45, 2.75) is 32.2 Å². The lowest BCUT2D eigenvalue weighted by Gasteiger charge is -2.31. The van der Waals surface area contributed by atoms with Gasteiger partial charge in [-0.2, -0.15) is 0 Å². The number of hydrogen-bond acceptors (Lipinski definition) is 2. The first-order valence-electron chi connectivity index (χ1n) is 6.78. The fourth-order valence-electron chi connectivity index (χ4n) is 2.46. The van der Waals surface area contributed by atoms with Crippen molar-refractivity contribution in [1.82, 2.24) is 10.2 Å². The number of likely N-dealkylation sites (tertiary alicyclic amines) is 1. The molecule has 2 rings (SSSR count). The fraction of sp³-hybridized carbons (Fsp3) is 0.533. The molecule has 1 saturated heterocycles. The zero-order valence-corrected chi connectivity index (χ0v) is 11.1. The van der Waals surface area contributed by atoms with Crippen molar-refractivity contribution in [3.05, 3.63) is 35.9 Å². The second-order valence-electron chi connectivity index (χ2n) is 4.97. The zero-order valence-electron chi connectivity index (χ0n) is 11.1. The summed E-state index contributed by atoms with van der Waals surface area (Å²) in [5.74, 6) is 0.206. The number of benzene rings is 1. The molecule has 0 saturated carbocycles. The number of amides is 1. The van der Waals surface area contributed by atoms with Crippen LogP contribution in [0.3, 0.4) is 0 Å². The Balaban J connectivity index is 1.65. The second-order valence-corrected chi connectivity index (χ2v) is 4.97. The van der Waals surface area contributed by atoms with Crippen molar-refractivity contribution in [2.24, 2.45) is 0 Å². The largest absolute Gasteiger partial charge is 0.343 e. The Kier molecular flexibility index (Phi) is 4.76. The van der Waals surface area contributed by atoms with Gasteiger partial charge < -0.3 is 10.2 Å². The van der Waals surface area contributed by atoms with Gasteiger partial charge in [0.2, 0.25) is 5.91 Å². The van der Waals surface area contributed by atoms with Gasteiger partial charge >= 0.3 is 0 Å². The third kappa shape index (κ3) is 3.84. The van der Waals surface area contributed by atoms with Gasteiger partial charge in [-0.05, 0) is 31.4 Å². The average molecular weight is 246 g/mol. The van der Waals surface area contributed by atoms with Gasteiger partial charge in [-0.3, -0.25) is 4.79 Å². The number of piperidine rings is 1. The van der Waals surface area contributed by atoms with E-state index < -0.39 is 0 Å². The first kappa shape index (κ1) is 13.1. The molecule has 3 nitrogen and oxygen atoms in total. The van der Waals surface area contributed by atoms with Crippen LogP contribution in [0, 0.1) is 0 Å². The van der Waals surface area contributed by atoms with E-state index in [9.17, 15) is 4.79 Å². The van der Waals surface area contributed by atoms with Crippen molar-refractivity contribution in [2.75, 3.05) is 19.6 Å². The number of carbonyl (C=O) groups excluding carboxylic acids is 1. The van der Waals surface area contributed by atoms with Gasteiger partial charge in [-0.1, -0.05) is 30.3 Å². The number of nitrogens with one attached hydrogen (secondary N) is 1. The number of nitrogens with zero attached hydrogens (tertiary/aromatic N) is 1. The summed E-state index contributed by atoms with van der Waals surface area (Å²) in [6, 6.07) is 11.1. The minimum absolute atomic E-state index is 0.206. The summed E-state index contributed by atoms with van der Waals surface area (Å²) in [6.07, 6.45) is 3.23. The molecule has 98 valence electrons. The third-order valence-electron chi connectivity index (χ3n) is 3.63. The van der Waals surface area contributed by atoms with E-state index in [0.717, 1.165) is 38.9 Å². The summed E-state index contributed by atoms with van der Waals surface area (Å²) in [5.41, 5.74) is 1.38. The van der Waals surface area contributed by atoms with Crippen LogP contribution in [0.2, 0.25) is 0 Å². The molecule has 0 atom stereocenters. The minimum atomic E-state index is 0.206. The van der Waals surface area contributed by atoms with Crippen LogP contribution in [0.1, 0.15) is 25.3 Å². The lowest BCUT2D eigenvalue weighted by Crippen LogP contribution is -2.44. The smallest absolute Gasteiger partial charge is 0.219 e. The van der Waals surface area contributed by atoms with E-state index in [-0.39, 0.29) is 5.91 Å². The van der Waals surface area contributed by atoms with Gasteiger partial charge in [0.05, 0.1) is 0 Å². The third-order valence-corrected chi connectivity index (χ3v) is 3.63. The average Bonchev–Trinajstić information content (AvgIpc) is 2.40. The van der Waals surface area contributed by atoms with E-state index in [1.54, 1.807) is 6.92 Å². The summed E-state index contributed by atoms with van der Waals surface area (Å²) in [5, 5.41) is 3.59. The minimum Gasteiger partial charge on any atom is -0.343 e. The molecule has 0 spiro atoms. The van der Waals surface area contributed by atoms with Crippen LogP contribution < -0.4 is 5.32 Å². The van der Waals surface area contributed by atoms with E-state index in [4.69, 9.17) is 0 Å². The molecule has 18 heavy (non-hydrogen) atoms. The Labute approximate surface area is 109 Å². The SMILES string of the molecule is CC(=O)N1CCC(NCCc2ccccc2)CC1. The van der Waals surface area contributed by atoms with E-state index in [1.165, 1.54) is 5.56 Å². The summed E-state index contributed by atoms with van der Waals surface area (Å²) >= 11 is 0. The zero-order chi connectivity index (χ0) is 12.8. The highest BCUT2D eigenvalue weighted by Gasteiger charge is 2.19. The molecule has 0 aromatic heterocycles. The Morgan fingerprint density at radius 1 is 1.28 bits per heavy atom. The molecular formula is C15H22N2O. The first-order chi connectivity index (χ1) is 8.75. The van der Waals surface area contributed by atoms with Gasteiger partial charge in [-0.25, -0.2) is 0 Å². The number of rotatable bonds is 4. The van der Waals surface area contributed by atoms with Crippen molar-refractivity contribution >= 4 is 5.91 Å². The van der Waals surface area contributed by atoms with Gasteiger partial charge in [0.15, 0.2) is 0 Å². The van der Waals surface area contributed by atoms with Crippen molar-refractivity contribution in [3.63, 3.8) is 0 Å². The predicted molar refractivity (Wildman–Crippen MR) is 73.4 cm³/mol. The quantitative estimate of drug-likeness (QED) is 0.879. The van der Waals surface area contributed by atoms with Crippen LogP contribution in [0.5, 0.6) is 0 Å². The van der Waals surface area contributed by atoms with Crippen LogP contribution in [0.15, 0.2) is 30.3 Å². The van der Waals surface area contributed by atoms with Crippen molar-refractivity contribution in [1.29, 1.82) is 0 Å². The Morgan fingerprint density at radius 2 is 1.94 bits per heavy atom. The van der Waals surface area contributed by atoms with E-state index in [0.29, 0.717) is 6.04 Å². The van der Waals surface area contributed by atoms with Crippen LogP contribution in [0.4, 0.5) is 0 Å². The van der Waals surface area contributed by atoms with E-state index in [1.807, 2.05) is 4.90 Å². The summed E-state index contributed by atoms with van der Waals surface area (Å²) in [4.78, 5) is 13.1. The molecule has 1 N–H and O–H groups in total. The lowest BCUT2D eigenvalue weighted by molar-refractivity contribution is -0.129. The van der Waals surface area contributed by atoms with Gasteiger partial charge in [0.25, 0.3) is 0 Å². The summed E-state index contributed by atoms with van der Waals surface area (Å²) in [6.45, 7) is 4.48. The Bertz CT molecular complexity index is 369. The van der Waals surface area contributed by atoms with E-state index >= 15 is 0 Å². The van der Waals surface area contributed by atoms with Gasteiger partial charge in [0, 0.05) is 26.1 Å². The maximum Gasteiger partial charge on any atom is 0.219 e. The highest BCUT2D eigenvalue weighted by Crippen LogP contribution is 2.10. The number of carbonyl (C=O) groups is 1. The molecule has 0 unspecified atom stereocenters. The first-order valence-corrected chi connectivity index (χ1v) is 6.78. The normalized spacial score (nSPS) is 16.8. The summed E-state index contributed by atoms with van der Waals surface area (Å²) in [7, 11) is 0. The molecule has 1 heterocycles. The molecule has 1 aromatic carbocycles. The van der Waals surface area contributed by atoms with Crippen LogP contribution in [-0.2, 0) is 11.2 Å². The molecule has 0 bridgehead atoms. The van der Waals surface area contributed by atoms with Gasteiger partial charge in [-0.15, -0.1) is 0 Å². The van der Waals surface area contributed by atoms with Gasteiger partial charge in [0.1, 0.15) is 0 Å². The molecule has 1 aliphatic rings. The maximum absolute atomic E-state index is 11.2. The molecule has 1 fully saturated rings. The van der Waals surface area contributed by atoms with Crippen molar-refractivity contribution < 1.29 is 4.79 Å². The van der Waals surface area contributed by atoms with Crippen molar-refractivity contribution in [3.8, 4) is 0 Å². The van der Waals surface area contributed by atoms with Crippen LogP contribution in [-0.4, -0.2) is 36.5 Å². The molecule has 1 aromatic rings. The standard InChI is InChI=1S/C15H22N2O/c1-13(18)17-11-8-15(9-12-17)16-10-7-14-5-3-2-4-6-14/h2-6,15-16H,7-12H2,1H3. The Hall–Kier alpha value is -1.35. The van der Waals surface area contributed by atoms with Crippen LogP contribution in [0.25, 0.3) is 0 Å². The molecule has 0 radical (unpaired) electrons. The molecule has 0 aliphatic carbocycles. The Morgan fingerprint density at radius 3 is 2.56 bits per heavy atom. The highest BCUT2D eigenvalue weighted by molar-refractivity contribution is 5.73. The monoisotopic (exact) mass is 246 g/mol. The topological polar surface area (TPSA) is 32.3 Å². The lowest BCUT2D eigenvalue weighted by atomic mass is 10.0. The predicted octanol–water partition coefficient (Wildman–Crippen LogP) is 1.83. The summed E-state index contributed by atoms with van der Waals surface area (Å²) < 4.78 is 0. The number of hydrogen-bond donors (Lipinski definition) is 1. The van der Waals surface area contributed by atoms with E-state index in [2.05, 4.69) is 35.6 Å². The molecule has 1 amide bonds. The van der Waals surface area contributed by atoms with Crippen LogP contribution >= 0.6 is 0 Å².